The third kappa shape index (κ3) is 3.45. The molecule has 0 aliphatic carbocycles. The Morgan fingerprint density at radius 3 is 2.50 bits per heavy atom. The number of halogens is 2. The normalized spacial score (nSPS) is 19.6. The molecule has 7 nitrogen and oxygen atoms in total. The predicted molar refractivity (Wildman–Crippen MR) is 91.2 cm³/mol. The number of rotatable bonds is 4. The van der Waals surface area contributed by atoms with Crippen molar-refractivity contribution in [3.8, 4) is 0 Å². The molecular weight excluding hydrogens is 388 g/mol. The third-order valence-electron chi connectivity index (χ3n) is 4.25. The van der Waals surface area contributed by atoms with E-state index < -0.39 is 37.5 Å². The first-order valence-electron chi connectivity index (χ1n) is 7.74. The molecule has 1 atom stereocenters. The Labute approximate surface area is 150 Å². The molecule has 1 aliphatic rings. The summed E-state index contributed by atoms with van der Waals surface area (Å²) in [5.74, 6) is -2.32. The van der Waals surface area contributed by atoms with E-state index in [2.05, 4.69) is 9.82 Å². The van der Waals surface area contributed by atoms with E-state index in [-0.39, 0.29) is 27.8 Å². The van der Waals surface area contributed by atoms with Crippen molar-refractivity contribution >= 4 is 25.5 Å². The lowest BCUT2D eigenvalue weighted by atomic mass is 10.2. The summed E-state index contributed by atoms with van der Waals surface area (Å²) in [7, 11) is -7.27. The highest BCUT2D eigenvalue weighted by molar-refractivity contribution is 7.92. The van der Waals surface area contributed by atoms with Crippen LogP contribution in [0.2, 0.25) is 0 Å². The minimum absolute atomic E-state index is 0.0329. The van der Waals surface area contributed by atoms with Crippen LogP contribution in [0.5, 0.6) is 0 Å². The third-order valence-corrected chi connectivity index (χ3v) is 7.64. The first kappa shape index (κ1) is 18.8. The zero-order valence-corrected chi connectivity index (χ0v) is 15.7. The molecule has 11 heteroatoms. The fourth-order valence-electron chi connectivity index (χ4n) is 3.13. The maximum Gasteiger partial charge on any atom is 0.265 e. The van der Waals surface area contributed by atoms with Crippen LogP contribution in [0.25, 0.3) is 0 Å². The fraction of sp³-hybridized carbons (Fsp3) is 0.400. The molecule has 0 saturated carbocycles. The number of anilines is 1. The van der Waals surface area contributed by atoms with Crippen LogP contribution in [0.15, 0.2) is 23.1 Å². The van der Waals surface area contributed by atoms with Crippen molar-refractivity contribution in [3.63, 3.8) is 0 Å². The van der Waals surface area contributed by atoms with Gasteiger partial charge in [0, 0.05) is 6.07 Å². The maximum atomic E-state index is 13.3. The van der Waals surface area contributed by atoms with Crippen LogP contribution in [0, 0.1) is 25.5 Å². The molecule has 26 heavy (non-hydrogen) atoms. The highest BCUT2D eigenvalue weighted by Gasteiger charge is 2.33. The van der Waals surface area contributed by atoms with E-state index >= 15 is 0 Å². The second kappa shape index (κ2) is 6.31. The van der Waals surface area contributed by atoms with Gasteiger partial charge in [-0.05, 0) is 32.4 Å². The largest absolute Gasteiger partial charge is 0.279 e. The Hall–Kier alpha value is -2.01. The predicted octanol–water partition coefficient (Wildman–Crippen LogP) is 1.94. The lowest BCUT2D eigenvalue weighted by Gasteiger charge is -2.12. The summed E-state index contributed by atoms with van der Waals surface area (Å²) in [5, 5.41) is 4.20. The second-order valence-corrected chi connectivity index (χ2v) is 10.1. The molecule has 1 aromatic heterocycles. The molecule has 0 spiro atoms. The van der Waals surface area contributed by atoms with E-state index in [4.69, 9.17) is 0 Å². The van der Waals surface area contributed by atoms with Gasteiger partial charge in [-0.25, -0.2) is 25.6 Å². The van der Waals surface area contributed by atoms with Crippen LogP contribution in [-0.4, -0.2) is 38.1 Å². The number of nitrogens with one attached hydrogen (secondary N) is 1. The highest BCUT2D eigenvalue weighted by Crippen LogP contribution is 2.29. The van der Waals surface area contributed by atoms with Crippen molar-refractivity contribution < 1.29 is 25.6 Å². The van der Waals surface area contributed by atoms with Gasteiger partial charge in [0.1, 0.15) is 4.90 Å². The minimum atomic E-state index is -4.11. The van der Waals surface area contributed by atoms with E-state index in [0.717, 1.165) is 18.2 Å². The first-order valence-corrected chi connectivity index (χ1v) is 11.0. The average Bonchev–Trinajstić information content (AvgIpc) is 3.02. The molecule has 1 N–H and O–H groups in total. The summed E-state index contributed by atoms with van der Waals surface area (Å²) in [5.41, 5.74) is 0.362. The molecule has 1 saturated heterocycles. The Bertz CT molecular complexity index is 1080. The van der Waals surface area contributed by atoms with Gasteiger partial charge in [-0.3, -0.25) is 9.40 Å². The smallest absolute Gasteiger partial charge is 0.265 e. The maximum absolute atomic E-state index is 13.3. The number of aromatic nitrogens is 2. The second-order valence-electron chi connectivity index (χ2n) is 6.24. The summed E-state index contributed by atoms with van der Waals surface area (Å²) in [4.78, 5) is -0.105. The van der Waals surface area contributed by atoms with Crippen molar-refractivity contribution in [1.29, 1.82) is 0 Å². The van der Waals surface area contributed by atoms with Gasteiger partial charge < -0.3 is 0 Å². The lowest BCUT2D eigenvalue weighted by Crippen LogP contribution is -2.17. The van der Waals surface area contributed by atoms with Gasteiger partial charge in [0.05, 0.1) is 34.6 Å². The van der Waals surface area contributed by atoms with E-state index in [0.29, 0.717) is 12.1 Å². The number of aryl methyl sites for hydroxylation is 1. The molecule has 0 amide bonds. The summed E-state index contributed by atoms with van der Waals surface area (Å²) >= 11 is 0. The van der Waals surface area contributed by atoms with Crippen molar-refractivity contribution in [2.24, 2.45) is 0 Å². The molecule has 142 valence electrons. The average molecular weight is 405 g/mol. The summed E-state index contributed by atoms with van der Waals surface area (Å²) in [6, 6.07) is 2.24. The number of nitrogens with zero attached hydrogens (tertiary/aromatic N) is 2. The fourth-order valence-corrected chi connectivity index (χ4v) is 6.27. The molecule has 3 rings (SSSR count). The van der Waals surface area contributed by atoms with Crippen LogP contribution in [0.3, 0.4) is 0 Å². The van der Waals surface area contributed by atoms with E-state index in [9.17, 15) is 25.6 Å². The van der Waals surface area contributed by atoms with Gasteiger partial charge in [-0.15, -0.1) is 0 Å². The molecule has 2 aromatic rings. The van der Waals surface area contributed by atoms with E-state index in [1.807, 2.05) is 0 Å². The number of hydrogen-bond acceptors (Lipinski definition) is 5. The SMILES string of the molecule is Cc1nn(C2CCS(=O)(=O)C2)c(C)c1S(=O)(=O)Nc1ccc(F)c(F)c1. The first-order chi connectivity index (χ1) is 12.0. The van der Waals surface area contributed by atoms with Gasteiger partial charge in [-0.2, -0.15) is 5.10 Å². The van der Waals surface area contributed by atoms with Gasteiger partial charge in [-0.1, -0.05) is 0 Å². The van der Waals surface area contributed by atoms with Crippen molar-refractivity contribution in [3.05, 3.63) is 41.2 Å². The number of benzene rings is 1. The van der Waals surface area contributed by atoms with Gasteiger partial charge >= 0.3 is 0 Å². The Morgan fingerprint density at radius 2 is 1.92 bits per heavy atom. The Balaban J connectivity index is 1.96. The summed E-state index contributed by atoms with van der Waals surface area (Å²) in [6.45, 7) is 3.03. The zero-order chi connectivity index (χ0) is 19.3. The van der Waals surface area contributed by atoms with Crippen LogP contribution >= 0.6 is 0 Å². The molecule has 0 radical (unpaired) electrons. The van der Waals surface area contributed by atoms with E-state index in [1.165, 1.54) is 18.5 Å². The van der Waals surface area contributed by atoms with Gasteiger partial charge in [0.25, 0.3) is 10.0 Å². The number of sulfonamides is 1. The van der Waals surface area contributed by atoms with Crippen molar-refractivity contribution in [2.75, 3.05) is 16.2 Å². The minimum Gasteiger partial charge on any atom is -0.279 e. The molecule has 1 fully saturated rings. The van der Waals surface area contributed by atoms with Crippen LogP contribution in [0.4, 0.5) is 14.5 Å². The molecule has 0 bridgehead atoms. The van der Waals surface area contributed by atoms with Crippen molar-refractivity contribution in [1.82, 2.24) is 9.78 Å². The highest BCUT2D eigenvalue weighted by atomic mass is 32.2. The van der Waals surface area contributed by atoms with Crippen LogP contribution in [0.1, 0.15) is 23.9 Å². The van der Waals surface area contributed by atoms with Crippen LogP contribution < -0.4 is 4.72 Å². The summed E-state index contributed by atoms with van der Waals surface area (Å²) in [6.07, 6.45) is 0.361. The topological polar surface area (TPSA) is 98.1 Å². The standard InChI is InChI=1S/C15H17F2N3O4S2/c1-9-15(10(2)20(18-9)12-5-6-25(21,22)8-12)26(23,24)19-11-3-4-13(16)14(17)7-11/h3-4,7,12,19H,5-6,8H2,1-2H3. The molecule has 2 heterocycles. The number of hydrogen-bond donors (Lipinski definition) is 1. The summed E-state index contributed by atoms with van der Waals surface area (Å²) < 4.78 is 78.7. The lowest BCUT2D eigenvalue weighted by molar-refractivity contribution is 0.484. The van der Waals surface area contributed by atoms with E-state index in [1.54, 1.807) is 0 Å². The molecule has 1 aliphatic heterocycles. The Morgan fingerprint density at radius 1 is 1.23 bits per heavy atom. The molecular formula is C15H17F2N3O4S2. The van der Waals surface area contributed by atoms with Gasteiger partial charge in [0.15, 0.2) is 21.5 Å². The Kier molecular flexibility index (Phi) is 4.55. The van der Waals surface area contributed by atoms with Crippen LogP contribution in [-0.2, 0) is 19.9 Å². The van der Waals surface area contributed by atoms with Gasteiger partial charge in [0.2, 0.25) is 0 Å². The number of sulfone groups is 1. The van der Waals surface area contributed by atoms with Crippen molar-refractivity contribution in [2.45, 2.75) is 31.2 Å². The molecule has 1 unspecified atom stereocenters. The molecule has 1 aromatic carbocycles. The monoisotopic (exact) mass is 405 g/mol. The zero-order valence-electron chi connectivity index (χ0n) is 14.0. The quantitative estimate of drug-likeness (QED) is 0.838.